The van der Waals surface area contributed by atoms with Crippen LogP contribution in [-0.2, 0) is 6.42 Å². The van der Waals surface area contributed by atoms with E-state index in [1.807, 2.05) is 25.1 Å². The minimum absolute atomic E-state index is 0.640. The number of fused-ring (bicyclic) bond motifs is 4. The number of nitriles is 1. The van der Waals surface area contributed by atoms with Gasteiger partial charge < -0.3 is 5.32 Å². The van der Waals surface area contributed by atoms with Gasteiger partial charge in [-0.25, -0.2) is 4.98 Å². The van der Waals surface area contributed by atoms with Crippen LogP contribution < -0.4 is 5.32 Å². The third-order valence-electron chi connectivity index (χ3n) is 5.63. The van der Waals surface area contributed by atoms with Crippen molar-refractivity contribution in [2.75, 3.05) is 5.32 Å². The fourth-order valence-corrected chi connectivity index (χ4v) is 4.21. The summed E-state index contributed by atoms with van der Waals surface area (Å²) in [7, 11) is 0. The molecule has 2 heterocycles. The Morgan fingerprint density at radius 2 is 1.76 bits per heavy atom. The molecule has 0 atom stereocenters. The van der Waals surface area contributed by atoms with E-state index in [4.69, 9.17) is 4.98 Å². The minimum Gasteiger partial charge on any atom is -0.341 e. The predicted molar refractivity (Wildman–Crippen MR) is 119 cm³/mol. The maximum absolute atomic E-state index is 9.86. The van der Waals surface area contributed by atoms with Gasteiger partial charge in [0.1, 0.15) is 11.9 Å². The molecule has 0 spiro atoms. The number of benzene rings is 3. The van der Waals surface area contributed by atoms with Crippen LogP contribution in [0.25, 0.3) is 27.5 Å². The van der Waals surface area contributed by atoms with E-state index in [0.717, 1.165) is 45.5 Å². The normalized spacial score (nSPS) is 11.2. The van der Waals surface area contributed by atoms with E-state index in [-0.39, 0.29) is 0 Å². The van der Waals surface area contributed by atoms with Crippen molar-refractivity contribution < 1.29 is 0 Å². The van der Waals surface area contributed by atoms with Gasteiger partial charge in [-0.05, 0) is 48.1 Å². The minimum atomic E-state index is 0.640. The quantitative estimate of drug-likeness (QED) is 0.412. The Hall–Kier alpha value is -3.84. The first kappa shape index (κ1) is 17.3. The number of aromatic nitrogens is 2. The zero-order valence-electron chi connectivity index (χ0n) is 16.4. The van der Waals surface area contributed by atoms with Crippen molar-refractivity contribution in [3.63, 3.8) is 0 Å². The molecule has 0 saturated carbocycles. The lowest BCUT2D eigenvalue weighted by molar-refractivity contribution is 1.05. The van der Waals surface area contributed by atoms with Gasteiger partial charge in [-0.1, -0.05) is 55.5 Å². The lowest BCUT2D eigenvalue weighted by Crippen LogP contribution is -2.08. The second-order valence-corrected chi connectivity index (χ2v) is 7.20. The third kappa shape index (κ3) is 2.55. The number of nitrogens with zero attached hydrogens (tertiary/aromatic N) is 3. The van der Waals surface area contributed by atoms with Crippen molar-refractivity contribution in [1.82, 2.24) is 9.38 Å². The smallest absolute Gasteiger partial charge is 0.157 e. The second kappa shape index (κ2) is 6.65. The molecule has 0 bridgehead atoms. The highest BCUT2D eigenvalue weighted by atomic mass is 15.1. The first-order chi connectivity index (χ1) is 14.2. The number of anilines is 2. The van der Waals surface area contributed by atoms with Crippen LogP contribution in [0.2, 0.25) is 0 Å². The molecule has 0 aliphatic carbocycles. The highest BCUT2D eigenvalue weighted by Gasteiger charge is 2.20. The SMILES string of the molecule is CCc1c(C)c(C#N)c2nc3ccccc3n2c1Nc1cccc2ccccc12. The van der Waals surface area contributed by atoms with E-state index in [0.29, 0.717) is 11.2 Å². The summed E-state index contributed by atoms with van der Waals surface area (Å²) in [5.41, 5.74) is 6.38. The number of hydrogen-bond acceptors (Lipinski definition) is 3. The monoisotopic (exact) mass is 376 g/mol. The van der Waals surface area contributed by atoms with Gasteiger partial charge >= 0.3 is 0 Å². The van der Waals surface area contributed by atoms with Gasteiger partial charge in [0.25, 0.3) is 0 Å². The molecule has 0 fully saturated rings. The molecule has 29 heavy (non-hydrogen) atoms. The van der Waals surface area contributed by atoms with Crippen molar-refractivity contribution in [3.05, 3.63) is 83.4 Å². The van der Waals surface area contributed by atoms with Crippen LogP contribution in [0.4, 0.5) is 11.5 Å². The summed E-state index contributed by atoms with van der Waals surface area (Å²) in [5.74, 6) is 0.976. The summed E-state index contributed by atoms with van der Waals surface area (Å²) in [6, 6.07) is 25.1. The molecule has 3 aromatic carbocycles. The number of rotatable bonds is 3. The van der Waals surface area contributed by atoms with Crippen LogP contribution in [0.1, 0.15) is 23.6 Å². The van der Waals surface area contributed by atoms with E-state index < -0.39 is 0 Å². The Labute approximate surface area is 169 Å². The topological polar surface area (TPSA) is 53.1 Å². The van der Waals surface area contributed by atoms with Gasteiger partial charge in [-0.2, -0.15) is 5.26 Å². The molecule has 4 nitrogen and oxygen atoms in total. The van der Waals surface area contributed by atoms with E-state index in [2.05, 4.69) is 71.2 Å². The molecule has 0 aliphatic heterocycles. The first-order valence-corrected chi connectivity index (χ1v) is 9.80. The van der Waals surface area contributed by atoms with E-state index in [1.54, 1.807) is 0 Å². The maximum Gasteiger partial charge on any atom is 0.157 e. The molecule has 1 N–H and O–H groups in total. The number of imidazole rings is 1. The zero-order chi connectivity index (χ0) is 20.0. The molecule has 0 radical (unpaired) electrons. The van der Waals surface area contributed by atoms with Crippen molar-refractivity contribution in [2.24, 2.45) is 0 Å². The average molecular weight is 376 g/mol. The third-order valence-corrected chi connectivity index (χ3v) is 5.63. The number of pyridine rings is 1. The van der Waals surface area contributed by atoms with Crippen molar-refractivity contribution in [3.8, 4) is 6.07 Å². The zero-order valence-corrected chi connectivity index (χ0v) is 16.4. The molecule has 5 rings (SSSR count). The molecule has 4 heteroatoms. The summed E-state index contributed by atoms with van der Waals surface area (Å²) in [5, 5.41) is 15.9. The highest BCUT2D eigenvalue weighted by Crippen LogP contribution is 2.34. The predicted octanol–water partition coefficient (Wildman–Crippen LogP) is 6.13. The molecular weight excluding hydrogens is 356 g/mol. The fourth-order valence-electron chi connectivity index (χ4n) is 4.21. The van der Waals surface area contributed by atoms with Gasteiger partial charge in [0.05, 0.1) is 16.6 Å². The Kier molecular flexibility index (Phi) is 3.96. The molecule has 0 saturated heterocycles. The van der Waals surface area contributed by atoms with Gasteiger partial charge in [-0.15, -0.1) is 0 Å². The van der Waals surface area contributed by atoms with Crippen LogP contribution in [0.3, 0.4) is 0 Å². The molecule has 0 amide bonds. The first-order valence-electron chi connectivity index (χ1n) is 9.80. The number of para-hydroxylation sites is 2. The highest BCUT2D eigenvalue weighted by molar-refractivity contribution is 5.96. The Morgan fingerprint density at radius 3 is 2.59 bits per heavy atom. The van der Waals surface area contributed by atoms with Crippen LogP contribution in [0.15, 0.2) is 66.7 Å². The van der Waals surface area contributed by atoms with Crippen LogP contribution >= 0.6 is 0 Å². The lowest BCUT2D eigenvalue weighted by atomic mass is 10.0. The summed E-state index contributed by atoms with van der Waals surface area (Å²) >= 11 is 0. The second-order valence-electron chi connectivity index (χ2n) is 7.20. The Balaban J connectivity index is 1.88. The largest absolute Gasteiger partial charge is 0.341 e. The van der Waals surface area contributed by atoms with Gasteiger partial charge in [0, 0.05) is 11.1 Å². The summed E-state index contributed by atoms with van der Waals surface area (Å²) in [6.07, 6.45) is 0.816. The van der Waals surface area contributed by atoms with E-state index in [9.17, 15) is 5.26 Å². The standard InChI is InChI=1S/C25H20N4/c1-3-18-16(2)20(15-26)25-28-22-12-6-7-14-23(22)29(25)24(18)27-21-13-8-10-17-9-4-5-11-19(17)21/h4-14,27H,3H2,1-2H3. The Bertz CT molecular complexity index is 1430. The Morgan fingerprint density at radius 1 is 1.00 bits per heavy atom. The molecular formula is C25H20N4. The molecule has 2 aromatic heterocycles. The van der Waals surface area contributed by atoms with E-state index in [1.165, 1.54) is 5.39 Å². The number of hydrogen-bond donors (Lipinski definition) is 1. The van der Waals surface area contributed by atoms with Crippen LogP contribution in [0, 0.1) is 18.3 Å². The summed E-state index contributed by atoms with van der Waals surface area (Å²) in [4.78, 5) is 4.79. The van der Waals surface area contributed by atoms with Crippen molar-refractivity contribution in [1.29, 1.82) is 5.26 Å². The van der Waals surface area contributed by atoms with Crippen molar-refractivity contribution >= 4 is 39.0 Å². The molecule has 140 valence electrons. The average Bonchev–Trinajstić information content (AvgIpc) is 3.13. The van der Waals surface area contributed by atoms with Gasteiger partial charge in [0.2, 0.25) is 0 Å². The fraction of sp³-hybridized carbons (Fsp3) is 0.120. The molecule has 5 aromatic rings. The maximum atomic E-state index is 9.86. The van der Waals surface area contributed by atoms with E-state index >= 15 is 0 Å². The van der Waals surface area contributed by atoms with Gasteiger partial charge in [-0.3, -0.25) is 4.40 Å². The van der Waals surface area contributed by atoms with Crippen LogP contribution in [0.5, 0.6) is 0 Å². The molecule has 0 unspecified atom stereocenters. The summed E-state index contributed by atoms with van der Waals surface area (Å²) in [6.45, 7) is 4.15. The molecule has 0 aliphatic rings. The van der Waals surface area contributed by atoms with Crippen molar-refractivity contribution in [2.45, 2.75) is 20.3 Å². The van der Waals surface area contributed by atoms with Crippen LogP contribution in [-0.4, -0.2) is 9.38 Å². The summed E-state index contributed by atoms with van der Waals surface area (Å²) < 4.78 is 2.10. The number of nitrogens with one attached hydrogen (secondary N) is 1. The lowest BCUT2D eigenvalue weighted by Gasteiger charge is -2.19. The van der Waals surface area contributed by atoms with Gasteiger partial charge in [0.15, 0.2) is 5.65 Å².